The van der Waals surface area contributed by atoms with E-state index in [0.717, 1.165) is 5.56 Å². The number of ether oxygens (including phenoxy) is 2. The largest absolute Gasteiger partial charge is 0.469 e. The van der Waals surface area contributed by atoms with Crippen molar-refractivity contribution in [2.75, 3.05) is 13.7 Å². The van der Waals surface area contributed by atoms with Gasteiger partial charge in [-0.15, -0.1) is 0 Å². The van der Waals surface area contributed by atoms with Crippen LogP contribution < -0.4 is 0 Å². The zero-order valence-electron chi connectivity index (χ0n) is 10.9. The summed E-state index contributed by atoms with van der Waals surface area (Å²) in [6, 6.07) is 6.73. The number of aryl methyl sites for hydroxylation is 1. The van der Waals surface area contributed by atoms with Gasteiger partial charge in [0.1, 0.15) is 0 Å². The van der Waals surface area contributed by atoms with Crippen LogP contribution in [0.5, 0.6) is 0 Å². The smallest absolute Gasteiger partial charge is 0.338 e. The number of rotatable bonds is 5. The van der Waals surface area contributed by atoms with E-state index in [1.807, 2.05) is 6.07 Å². The van der Waals surface area contributed by atoms with Crippen LogP contribution in [0.2, 0.25) is 0 Å². The quantitative estimate of drug-likeness (QED) is 0.756. The van der Waals surface area contributed by atoms with E-state index in [0.29, 0.717) is 17.5 Å². The van der Waals surface area contributed by atoms with E-state index in [9.17, 15) is 9.59 Å². The molecular formula is C14H15NO4. The molecule has 1 aromatic rings. The number of nitriles is 1. The first-order chi connectivity index (χ1) is 9.10. The van der Waals surface area contributed by atoms with Gasteiger partial charge in [-0.25, -0.2) is 4.79 Å². The van der Waals surface area contributed by atoms with Gasteiger partial charge in [0.05, 0.1) is 30.9 Å². The normalized spacial score (nSPS) is 9.53. The second kappa shape index (κ2) is 7.17. The molecule has 0 saturated heterocycles. The van der Waals surface area contributed by atoms with Crippen molar-refractivity contribution in [2.45, 2.75) is 19.8 Å². The summed E-state index contributed by atoms with van der Waals surface area (Å²) >= 11 is 0. The molecule has 0 radical (unpaired) electrons. The summed E-state index contributed by atoms with van der Waals surface area (Å²) < 4.78 is 9.44. The average Bonchev–Trinajstić information content (AvgIpc) is 2.44. The van der Waals surface area contributed by atoms with Crippen molar-refractivity contribution in [1.82, 2.24) is 0 Å². The maximum absolute atomic E-state index is 11.6. The lowest BCUT2D eigenvalue weighted by molar-refractivity contribution is -0.140. The standard InChI is InChI=1S/C14H15NO4/c1-3-19-14(17)12-7-10(4-5-13(16)18-2)6-11(8-12)9-15/h6-8H,3-5H2,1-2H3. The highest BCUT2D eigenvalue weighted by Gasteiger charge is 2.10. The van der Waals surface area contributed by atoms with E-state index in [2.05, 4.69) is 4.74 Å². The number of benzene rings is 1. The average molecular weight is 261 g/mol. The maximum Gasteiger partial charge on any atom is 0.338 e. The highest BCUT2D eigenvalue weighted by Crippen LogP contribution is 2.13. The zero-order chi connectivity index (χ0) is 14.3. The minimum atomic E-state index is -0.473. The predicted octanol–water partition coefficient (Wildman–Crippen LogP) is 1.84. The number of nitrogens with zero attached hydrogens (tertiary/aromatic N) is 1. The van der Waals surface area contributed by atoms with Crippen LogP contribution in [0.4, 0.5) is 0 Å². The van der Waals surface area contributed by atoms with Crippen LogP contribution >= 0.6 is 0 Å². The van der Waals surface area contributed by atoms with Crippen molar-refractivity contribution < 1.29 is 19.1 Å². The second-order valence-electron chi connectivity index (χ2n) is 3.83. The minimum absolute atomic E-state index is 0.202. The van der Waals surface area contributed by atoms with Crippen LogP contribution in [-0.2, 0) is 20.7 Å². The van der Waals surface area contributed by atoms with E-state index in [-0.39, 0.29) is 19.0 Å². The summed E-state index contributed by atoms with van der Waals surface area (Å²) in [6.45, 7) is 1.98. The highest BCUT2D eigenvalue weighted by atomic mass is 16.5. The molecule has 19 heavy (non-hydrogen) atoms. The van der Waals surface area contributed by atoms with E-state index in [1.165, 1.54) is 13.2 Å². The summed E-state index contributed by atoms with van der Waals surface area (Å²) in [6.07, 6.45) is 0.613. The molecule has 100 valence electrons. The Balaban J connectivity index is 2.93. The Morgan fingerprint density at radius 3 is 2.63 bits per heavy atom. The van der Waals surface area contributed by atoms with Gasteiger partial charge in [0.2, 0.25) is 0 Å². The van der Waals surface area contributed by atoms with Crippen molar-refractivity contribution in [3.8, 4) is 6.07 Å². The summed E-state index contributed by atoms with van der Waals surface area (Å²) in [4.78, 5) is 22.7. The van der Waals surface area contributed by atoms with Crippen molar-refractivity contribution in [3.05, 3.63) is 34.9 Å². The van der Waals surface area contributed by atoms with Crippen LogP contribution in [0.25, 0.3) is 0 Å². The molecule has 5 heteroatoms. The molecule has 0 heterocycles. The number of carbonyl (C=O) groups is 2. The van der Waals surface area contributed by atoms with Gasteiger partial charge in [-0.3, -0.25) is 4.79 Å². The topological polar surface area (TPSA) is 76.4 Å². The molecule has 0 fully saturated rings. The molecule has 0 unspecified atom stereocenters. The summed E-state index contributed by atoms with van der Waals surface area (Å²) in [5.74, 6) is -0.807. The molecule has 5 nitrogen and oxygen atoms in total. The number of esters is 2. The lowest BCUT2D eigenvalue weighted by Gasteiger charge is -2.06. The maximum atomic E-state index is 11.6. The molecule has 0 amide bonds. The number of hydrogen-bond acceptors (Lipinski definition) is 5. The van der Waals surface area contributed by atoms with Gasteiger partial charge >= 0.3 is 11.9 Å². The van der Waals surface area contributed by atoms with Gasteiger partial charge in [0.15, 0.2) is 0 Å². The summed E-state index contributed by atoms with van der Waals surface area (Å²) in [7, 11) is 1.32. The molecule has 0 aromatic heterocycles. The molecule has 0 N–H and O–H groups in total. The Morgan fingerprint density at radius 2 is 2.05 bits per heavy atom. The summed E-state index contributed by atoms with van der Waals surface area (Å²) in [5, 5.41) is 8.93. The first-order valence-corrected chi connectivity index (χ1v) is 5.88. The van der Waals surface area contributed by atoms with Crippen molar-refractivity contribution in [2.24, 2.45) is 0 Å². The Morgan fingerprint density at radius 1 is 1.32 bits per heavy atom. The van der Waals surface area contributed by atoms with Crippen molar-refractivity contribution in [1.29, 1.82) is 5.26 Å². The van der Waals surface area contributed by atoms with Crippen LogP contribution in [-0.4, -0.2) is 25.7 Å². The molecule has 0 saturated carbocycles. The van der Waals surface area contributed by atoms with Crippen molar-refractivity contribution in [3.63, 3.8) is 0 Å². The zero-order valence-corrected chi connectivity index (χ0v) is 10.9. The van der Waals surface area contributed by atoms with Gasteiger partial charge in [0, 0.05) is 6.42 Å². The van der Waals surface area contributed by atoms with Crippen LogP contribution in [0.15, 0.2) is 18.2 Å². The number of carbonyl (C=O) groups excluding carboxylic acids is 2. The fraction of sp³-hybridized carbons (Fsp3) is 0.357. The van der Waals surface area contributed by atoms with E-state index < -0.39 is 5.97 Å². The molecule has 0 spiro atoms. The third-order valence-electron chi connectivity index (χ3n) is 2.48. The molecular weight excluding hydrogens is 246 g/mol. The van der Waals surface area contributed by atoms with Gasteiger partial charge in [0.25, 0.3) is 0 Å². The van der Waals surface area contributed by atoms with E-state index in [4.69, 9.17) is 10.00 Å². The third kappa shape index (κ3) is 4.43. The fourth-order valence-corrected chi connectivity index (χ4v) is 1.58. The Bertz CT molecular complexity index is 517. The fourth-order valence-electron chi connectivity index (χ4n) is 1.58. The van der Waals surface area contributed by atoms with Crippen LogP contribution in [0.3, 0.4) is 0 Å². The Hall–Kier alpha value is -2.35. The number of methoxy groups -OCH3 is 1. The molecule has 0 aliphatic heterocycles. The first kappa shape index (κ1) is 14.7. The minimum Gasteiger partial charge on any atom is -0.469 e. The van der Waals surface area contributed by atoms with Gasteiger partial charge in [-0.1, -0.05) is 0 Å². The Kier molecular flexibility index (Phi) is 5.55. The predicted molar refractivity (Wildman–Crippen MR) is 67.5 cm³/mol. The Labute approximate surface area is 111 Å². The molecule has 0 aliphatic carbocycles. The lowest BCUT2D eigenvalue weighted by atomic mass is 10.0. The van der Waals surface area contributed by atoms with E-state index >= 15 is 0 Å². The van der Waals surface area contributed by atoms with Crippen LogP contribution in [0.1, 0.15) is 34.8 Å². The second-order valence-corrected chi connectivity index (χ2v) is 3.83. The van der Waals surface area contributed by atoms with Crippen LogP contribution in [0, 0.1) is 11.3 Å². The lowest BCUT2D eigenvalue weighted by Crippen LogP contribution is -2.07. The molecule has 0 bridgehead atoms. The van der Waals surface area contributed by atoms with Crippen molar-refractivity contribution >= 4 is 11.9 Å². The monoisotopic (exact) mass is 261 g/mol. The van der Waals surface area contributed by atoms with Gasteiger partial charge < -0.3 is 9.47 Å². The van der Waals surface area contributed by atoms with E-state index in [1.54, 1.807) is 19.1 Å². The number of hydrogen-bond donors (Lipinski definition) is 0. The highest BCUT2D eigenvalue weighted by molar-refractivity contribution is 5.90. The molecule has 0 atom stereocenters. The SMILES string of the molecule is CCOC(=O)c1cc(C#N)cc(CCC(=O)OC)c1. The molecule has 0 aliphatic rings. The third-order valence-corrected chi connectivity index (χ3v) is 2.48. The van der Waals surface area contributed by atoms with Gasteiger partial charge in [-0.05, 0) is 37.1 Å². The summed E-state index contributed by atoms with van der Waals surface area (Å²) in [5.41, 5.74) is 1.42. The van der Waals surface area contributed by atoms with Gasteiger partial charge in [-0.2, -0.15) is 5.26 Å². The first-order valence-electron chi connectivity index (χ1n) is 5.88. The molecule has 1 aromatic carbocycles. The molecule has 1 rings (SSSR count).